The van der Waals surface area contributed by atoms with E-state index in [1.165, 1.54) is 17.5 Å². The van der Waals surface area contributed by atoms with Gasteiger partial charge in [0, 0.05) is 44.5 Å². The number of piperidine rings is 1. The van der Waals surface area contributed by atoms with E-state index in [-0.39, 0.29) is 5.78 Å². The highest BCUT2D eigenvalue weighted by Gasteiger charge is 2.18. The molecule has 0 saturated carbocycles. The van der Waals surface area contributed by atoms with Crippen molar-refractivity contribution in [1.29, 1.82) is 0 Å². The van der Waals surface area contributed by atoms with Crippen molar-refractivity contribution in [2.24, 2.45) is 0 Å². The number of ketones is 2. The van der Waals surface area contributed by atoms with Gasteiger partial charge in [-0.3, -0.25) is 9.59 Å². The summed E-state index contributed by atoms with van der Waals surface area (Å²) in [6.07, 6.45) is 5.35. The zero-order valence-electron chi connectivity index (χ0n) is 11.9. The highest BCUT2D eigenvalue weighted by atomic mass is 16.1. The summed E-state index contributed by atoms with van der Waals surface area (Å²) in [7, 11) is 0. The Labute approximate surface area is 120 Å². The van der Waals surface area contributed by atoms with Gasteiger partial charge in [0.2, 0.25) is 0 Å². The number of nitrogens with zero attached hydrogens (tertiary/aromatic N) is 1. The van der Waals surface area contributed by atoms with Gasteiger partial charge in [0.25, 0.3) is 0 Å². The maximum absolute atomic E-state index is 12.3. The first-order chi connectivity index (χ1) is 9.72. The Balaban J connectivity index is 1.55. The lowest BCUT2D eigenvalue weighted by Crippen LogP contribution is -2.35. The van der Waals surface area contributed by atoms with Crippen molar-refractivity contribution in [3.8, 4) is 0 Å². The first kappa shape index (κ1) is 13.5. The molecule has 1 aromatic rings. The van der Waals surface area contributed by atoms with E-state index in [0.29, 0.717) is 25.0 Å². The van der Waals surface area contributed by atoms with Gasteiger partial charge in [0.05, 0.1) is 0 Å². The van der Waals surface area contributed by atoms with Gasteiger partial charge in [0.1, 0.15) is 5.78 Å². The number of carbonyl (C=O) groups is 2. The van der Waals surface area contributed by atoms with Crippen LogP contribution in [0.5, 0.6) is 0 Å². The minimum Gasteiger partial charge on any atom is -0.302 e. The molecule has 106 valence electrons. The van der Waals surface area contributed by atoms with Crippen molar-refractivity contribution in [2.75, 3.05) is 19.6 Å². The van der Waals surface area contributed by atoms with Crippen LogP contribution in [0.25, 0.3) is 0 Å². The number of benzene rings is 1. The maximum atomic E-state index is 12.3. The van der Waals surface area contributed by atoms with Gasteiger partial charge in [0.15, 0.2) is 5.78 Å². The number of likely N-dealkylation sites (tertiary alicyclic amines) is 1. The molecule has 1 aliphatic heterocycles. The molecule has 20 heavy (non-hydrogen) atoms. The molecule has 1 heterocycles. The van der Waals surface area contributed by atoms with Crippen molar-refractivity contribution in [3.63, 3.8) is 0 Å². The molecule has 3 nitrogen and oxygen atoms in total. The van der Waals surface area contributed by atoms with E-state index < -0.39 is 0 Å². The maximum Gasteiger partial charge on any atom is 0.164 e. The molecule has 3 rings (SSSR count). The summed E-state index contributed by atoms with van der Waals surface area (Å²) in [4.78, 5) is 25.7. The molecule has 1 fully saturated rings. The highest BCUT2D eigenvalue weighted by molar-refractivity contribution is 5.96. The van der Waals surface area contributed by atoms with E-state index in [9.17, 15) is 9.59 Å². The molecule has 0 aromatic heterocycles. The molecule has 0 unspecified atom stereocenters. The van der Waals surface area contributed by atoms with Gasteiger partial charge in [-0.2, -0.15) is 0 Å². The smallest absolute Gasteiger partial charge is 0.164 e. The zero-order chi connectivity index (χ0) is 13.9. The summed E-state index contributed by atoms with van der Waals surface area (Å²) >= 11 is 0. The van der Waals surface area contributed by atoms with Crippen molar-refractivity contribution in [2.45, 2.75) is 38.5 Å². The largest absolute Gasteiger partial charge is 0.302 e. The minimum atomic E-state index is 0.233. The topological polar surface area (TPSA) is 37.4 Å². The van der Waals surface area contributed by atoms with Gasteiger partial charge in [-0.15, -0.1) is 0 Å². The fourth-order valence-electron chi connectivity index (χ4n) is 3.18. The van der Waals surface area contributed by atoms with E-state index in [1.54, 1.807) is 0 Å². The van der Waals surface area contributed by atoms with Crippen LogP contribution in [0.2, 0.25) is 0 Å². The summed E-state index contributed by atoms with van der Waals surface area (Å²) in [5.41, 5.74) is 3.63. The predicted octanol–water partition coefficient (Wildman–Crippen LogP) is 2.41. The molecule has 1 aliphatic carbocycles. The SMILES string of the molecule is O=C1CCN(CCC(=O)c2ccc3c(c2)CCC3)CC1. The molecule has 0 amide bonds. The van der Waals surface area contributed by atoms with Crippen LogP contribution < -0.4 is 0 Å². The third-order valence-corrected chi connectivity index (χ3v) is 4.49. The van der Waals surface area contributed by atoms with Crippen LogP contribution in [0.1, 0.15) is 47.2 Å². The molecular formula is C17H21NO2. The molecule has 2 aliphatic rings. The molecule has 1 saturated heterocycles. The number of aryl methyl sites for hydroxylation is 2. The van der Waals surface area contributed by atoms with E-state index >= 15 is 0 Å². The van der Waals surface area contributed by atoms with Gasteiger partial charge >= 0.3 is 0 Å². The van der Waals surface area contributed by atoms with Crippen LogP contribution in [0.4, 0.5) is 0 Å². The van der Waals surface area contributed by atoms with Gasteiger partial charge in [-0.1, -0.05) is 12.1 Å². The summed E-state index contributed by atoms with van der Waals surface area (Å²) in [6.45, 7) is 2.41. The van der Waals surface area contributed by atoms with Gasteiger partial charge < -0.3 is 4.90 Å². The fourth-order valence-corrected chi connectivity index (χ4v) is 3.18. The first-order valence-electron chi connectivity index (χ1n) is 7.61. The van der Waals surface area contributed by atoms with Crippen LogP contribution in [-0.2, 0) is 17.6 Å². The number of rotatable bonds is 4. The number of fused-ring (bicyclic) bond motifs is 1. The molecule has 0 atom stereocenters. The lowest BCUT2D eigenvalue weighted by molar-refractivity contribution is -0.121. The second kappa shape index (κ2) is 5.88. The highest BCUT2D eigenvalue weighted by Crippen LogP contribution is 2.23. The number of Topliss-reactive ketones (excluding diaryl/α,β-unsaturated/α-hetero) is 2. The Hall–Kier alpha value is -1.48. The third kappa shape index (κ3) is 2.98. The van der Waals surface area contributed by atoms with Gasteiger partial charge in [-0.25, -0.2) is 0 Å². The Kier molecular flexibility index (Phi) is 3.97. The summed E-state index contributed by atoms with van der Waals surface area (Å²) in [5.74, 6) is 0.586. The average molecular weight is 271 g/mol. The zero-order valence-corrected chi connectivity index (χ0v) is 11.9. The van der Waals surface area contributed by atoms with Gasteiger partial charge in [-0.05, 0) is 36.5 Å². The standard InChI is InChI=1S/C17H21NO2/c19-16-6-9-18(10-7-16)11-8-17(20)15-5-4-13-2-1-3-14(13)12-15/h4-5,12H,1-3,6-11H2. The van der Waals surface area contributed by atoms with Crippen molar-refractivity contribution >= 4 is 11.6 Å². The van der Waals surface area contributed by atoms with Crippen LogP contribution in [-0.4, -0.2) is 36.1 Å². The first-order valence-corrected chi connectivity index (χ1v) is 7.61. The second-order valence-corrected chi connectivity index (χ2v) is 5.89. The minimum absolute atomic E-state index is 0.233. The van der Waals surface area contributed by atoms with E-state index in [0.717, 1.165) is 38.0 Å². The van der Waals surface area contributed by atoms with Crippen molar-refractivity contribution in [3.05, 3.63) is 34.9 Å². The molecule has 0 bridgehead atoms. The summed E-state index contributed by atoms with van der Waals surface area (Å²) < 4.78 is 0. The molecule has 0 N–H and O–H groups in total. The monoisotopic (exact) mass is 271 g/mol. The predicted molar refractivity (Wildman–Crippen MR) is 78.1 cm³/mol. The molecule has 1 aromatic carbocycles. The van der Waals surface area contributed by atoms with Crippen molar-refractivity contribution < 1.29 is 9.59 Å². The van der Waals surface area contributed by atoms with Crippen LogP contribution in [0.15, 0.2) is 18.2 Å². The van der Waals surface area contributed by atoms with Crippen LogP contribution in [0.3, 0.4) is 0 Å². The van der Waals surface area contributed by atoms with Crippen LogP contribution in [0, 0.1) is 0 Å². The number of hydrogen-bond acceptors (Lipinski definition) is 3. The lowest BCUT2D eigenvalue weighted by Gasteiger charge is -2.25. The number of carbonyl (C=O) groups excluding carboxylic acids is 2. The normalized spacial score (nSPS) is 19.1. The Bertz CT molecular complexity index is 526. The lowest BCUT2D eigenvalue weighted by atomic mass is 10.0. The Morgan fingerprint density at radius 3 is 2.60 bits per heavy atom. The van der Waals surface area contributed by atoms with E-state index in [4.69, 9.17) is 0 Å². The van der Waals surface area contributed by atoms with Crippen LogP contribution >= 0.6 is 0 Å². The number of hydrogen-bond donors (Lipinski definition) is 0. The Morgan fingerprint density at radius 1 is 1.05 bits per heavy atom. The molecular weight excluding hydrogens is 250 g/mol. The molecule has 0 spiro atoms. The average Bonchev–Trinajstić information content (AvgIpc) is 2.93. The summed E-state index contributed by atoms with van der Waals surface area (Å²) in [5, 5.41) is 0. The van der Waals surface area contributed by atoms with E-state index in [1.807, 2.05) is 6.07 Å². The Morgan fingerprint density at radius 2 is 1.80 bits per heavy atom. The summed E-state index contributed by atoms with van der Waals surface area (Å²) in [6, 6.07) is 6.19. The third-order valence-electron chi connectivity index (χ3n) is 4.49. The van der Waals surface area contributed by atoms with E-state index in [2.05, 4.69) is 17.0 Å². The van der Waals surface area contributed by atoms with Crippen molar-refractivity contribution in [1.82, 2.24) is 4.90 Å². The fraction of sp³-hybridized carbons (Fsp3) is 0.529. The molecule has 0 radical (unpaired) electrons. The quantitative estimate of drug-likeness (QED) is 0.789. The molecule has 3 heteroatoms. The second-order valence-electron chi connectivity index (χ2n) is 5.89.